The molecule has 0 spiro atoms. The number of carbonyl (C=O) groups excluding carboxylic acids is 2. The normalized spacial score (nSPS) is 12.4. The number of hydrogen-bond donors (Lipinski definition) is 1. The number of ketones is 2. The Morgan fingerprint density at radius 1 is 0.696 bits per heavy atom. The molecule has 46 heavy (non-hydrogen) atoms. The van der Waals surface area contributed by atoms with E-state index in [1.165, 1.54) is 22.9 Å². The van der Waals surface area contributed by atoms with Crippen molar-refractivity contribution in [3.63, 3.8) is 0 Å². The van der Waals surface area contributed by atoms with Crippen LogP contribution in [0.5, 0.6) is 5.75 Å². The first kappa shape index (κ1) is 31.4. The highest BCUT2D eigenvalue weighted by Crippen LogP contribution is 2.40. The number of anilines is 2. The third-order valence-electron chi connectivity index (χ3n) is 8.36. The second-order valence-corrected chi connectivity index (χ2v) is 13.9. The van der Waals surface area contributed by atoms with Gasteiger partial charge in [0.05, 0.1) is 11.3 Å². The second-order valence-electron chi connectivity index (χ2n) is 12.8. The summed E-state index contributed by atoms with van der Waals surface area (Å²) >= 11 is 1.48. The van der Waals surface area contributed by atoms with E-state index < -0.39 is 0 Å². The zero-order valence-electron chi connectivity index (χ0n) is 26.9. The highest BCUT2D eigenvalue weighted by Gasteiger charge is 2.33. The van der Waals surface area contributed by atoms with Gasteiger partial charge in [-0.3, -0.25) is 9.59 Å². The Bertz CT molecular complexity index is 1870. The first-order valence-electron chi connectivity index (χ1n) is 15.9. The molecule has 1 N–H and O–H groups in total. The van der Waals surface area contributed by atoms with Crippen molar-refractivity contribution in [3.8, 4) is 5.75 Å². The van der Waals surface area contributed by atoms with E-state index in [4.69, 9.17) is 4.74 Å². The minimum Gasteiger partial charge on any atom is -0.489 e. The van der Waals surface area contributed by atoms with Gasteiger partial charge in [-0.05, 0) is 83.5 Å². The van der Waals surface area contributed by atoms with Gasteiger partial charge in [0, 0.05) is 32.2 Å². The van der Waals surface area contributed by atoms with Gasteiger partial charge in [-0.25, -0.2) is 0 Å². The standard InChI is InChI=1S/C41H39NO3S/c1-5-6-9-27-16-20-30(21-17-27)42-35-12-7-10-33-37(35)39(43)34-11-8-13-36(38(34)40(33)44)46-32-24-22-31(23-25-32)45-26-28-14-18-29(19-15-28)41(2,3)4/h7-8,10-25,42H,5-6,9,26H2,1-4H3. The highest BCUT2D eigenvalue weighted by atomic mass is 32.2. The Labute approximate surface area is 276 Å². The molecule has 0 heterocycles. The maximum Gasteiger partial charge on any atom is 0.196 e. The molecule has 1 aliphatic carbocycles. The average molecular weight is 626 g/mol. The van der Waals surface area contributed by atoms with E-state index in [0.717, 1.165) is 46.1 Å². The van der Waals surface area contributed by atoms with Crippen LogP contribution in [0.15, 0.2) is 119 Å². The summed E-state index contributed by atoms with van der Waals surface area (Å²) in [6, 6.07) is 35.7. The molecule has 1 aliphatic rings. The zero-order valence-corrected chi connectivity index (χ0v) is 27.7. The molecule has 232 valence electrons. The minimum absolute atomic E-state index is 0.118. The molecule has 0 saturated carbocycles. The van der Waals surface area contributed by atoms with Crippen LogP contribution in [-0.2, 0) is 18.4 Å². The molecule has 0 saturated heterocycles. The van der Waals surface area contributed by atoms with Gasteiger partial charge in [0.25, 0.3) is 0 Å². The summed E-state index contributed by atoms with van der Waals surface area (Å²) in [5, 5.41) is 3.40. The number of unbranched alkanes of at least 4 members (excludes halogenated alkanes) is 1. The van der Waals surface area contributed by atoms with Gasteiger partial charge in [-0.2, -0.15) is 0 Å². The summed E-state index contributed by atoms with van der Waals surface area (Å²) in [4.78, 5) is 29.6. The Kier molecular flexibility index (Phi) is 9.14. The number of hydrogen-bond acceptors (Lipinski definition) is 5. The lowest BCUT2D eigenvalue weighted by molar-refractivity contribution is 0.0977. The second kappa shape index (κ2) is 13.4. The smallest absolute Gasteiger partial charge is 0.196 e. The van der Waals surface area contributed by atoms with Crippen LogP contribution in [0.2, 0.25) is 0 Å². The fourth-order valence-corrected chi connectivity index (χ4v) is 6.67. The van der Waals surface area contributed by atoms with E-state index >= 15 is 0 Å². The largest absolute Gasteiger partial charge is 0.489 e. The van der Waals surface area contributed by atoms with Crippen LogP contribution in [0.1, 0.15) is 89.1 Å². The SMILES string of the molecule is CCCCc1ccc(Nc2cccc3c2C(=O)c2cccc(Sc4ccc(OCc5ccc(C(C)(C)C)cc5)cc4)c2C3=O)cc1. The molecule has 0 aliphatic heterocycles. The molecule has 0 unspecified atom stereocenters. The molecule has 0 fully saturated rings. The third-order valence-corrected chi connectivity index (χ3v) is 9.43. The number of carbonyl (C=O) groups is 2. The number of aryl methyl sites for hydroxylation is 1. The molecule has 0 radical (unpaired) electrons. The predicted molar refractivity (Wildman–Crippen MR) is 188 cm³/mol. The molecule has 5 heteroatoms. The molecule has 5 aromatic rings. The Morgan fingerprint density at radius 2 is 1.33 bits per heavy atom. The number of benzene rings is 5. The Morgan fingerprint density at radius 3 is 2.00 bits per heavy atom. The molecule has 0 amide bonds. The molecular formula is C41H39NO3S. The van der Waals surface area contributed by atoms with Crippen molar-refractivity contribution >= 4 is 34.7 Å². The number of rotatable bonds is 10. The summed E-state index contributed by atoms with van der Waals surface area (Å²) < 4.78 is 6.04. The quantitative estimate of drug-likeness (QED) is 0.164. The van der Waals surface area contributed by atoms with Crippen LogP contribution in [-0.4, -0.2) is 11.6 Å². The fraction of sp³-hybridized carbons (Fsp3) is 0.220. The predicted octanol–water partition coefficient (Wildman–Crippen LogP) is 10.6. The van der Waals surface area contributed by atoms with Gasteiger partial charge in [-0.15, -0.1) is 0 Å². The Balaban J connectivity index is 1.17. The lowest BCUT2D eigenvalue weighted by Gasteiger charge is -2.22. The lowest BCUT2D eigenvalue weighted by Crippen LogP contribution is -2.23. The number of nitrogens with one attached hydrogen (secondary N) is 1. The van der Waals surface area contributed by atoms with Crippen molar-refractivity contribution in [3.05, 3.63) is 148 Å². The fourth-order valence-electron chi connectivity index (χ4n) is 5.69. The van der Waals surface area contributed by atoms with E-state index in [0.29, 0.717) is 34.5 Å². The van der Waals surface area contributed by atoms with E-state index in [1.807, 2.05) is 60.7 Å². The number of ether oxygens (including phenoxy) is 1. The van der Waals surface area contributed by atoms with Crippen molar-refractivity contribution in [2.24, 2.45) is 0 Å². The van der Waals surface area contributed by atoms with Crippen LogP contribution < -0.4 is 10.1 Å². The van der Waals surface area contributed by atoms with Crippen LogP contribution in [0.25, 0.3) is 0 Å². The minimum atomic E-state index is -0.144. The van der Waals surface area contributed by atoms with Crippen molar-refractivity contribution in [2.75, 3.05) is 5.32 Å². The summed E-state index contributed by atoms with van der Waals surface area (Å²) in [7, 11) is 0. The van der Waals surface area contributed by atoms with Crippen LogP contribution in [0.4, 0.5) is 11.4 Å². The highest BCUT2D eigenvalue weighted by molar-refractivity contribution is 7.99. The summed E-state index contributed by atoms with van der Waals surface area (Å²) in [5.41, 5.74) is 7.09. The van der Waals surface area contributed by atoms with E-state index in [2.05, 4.69) is 69.4 Å². The van der Waals surface area contributed by atoms with Crippen molar-refractivity contribution < 1.29 is 14.3 Å². The summed E-state index contributed by atoms with van der Waals surface area (Å²) in [5.74, 6) is 0.493. The molecule has 6 rings (SSSR count). The van der Waals surface area contributed by atoms with Gasteiger partial charge in [0.2, 0.25) is 0 Å². The van der Waals surface area contributed by atoms with Gasteiger partial charge in [-0.1, -0.05) is 107 Å². The summed E-state index contributed by atoms with van der Waals surface area (Å²) in [6.45, 7) is 9.30. The molecule has 4 nitrogen and oxygen atoms in total. The van der Waals surface area contributed by atoms with Crippen LogP contribution >= 0.6 is 11.8 Å². The van der Waals surface area contributed by atoms with Gasteiger partial charge < -0.3 is 10.1 Å². The zero-order chi connectivity index (χ0) is 32.3. The van der Waals surface area contributed by atoms with Gasteiger partial charge >= 0.3 is 0 Å². The lowest BCUT2D eigenvalue weighted by atomic mass is 9.83. The molecule has 0 aromatic heterocycles. The first-order chi connectivity index (χ1) is 22.2. The third kappa shape index (κ3) is 6.80. The van der Waals surface area contributed by atoms with Crippen molar-refractivity contribution in [1.82, 2.24) is 0 Å². The van der Waals surface area contributed by atoms with E-state index in [9.17, 15) is 9.59 Å². The van der Waals surface area contributed by atoms with Crippen molar-refractivity contribution in [1.29, 1.82) is 0 Å². The first-order valence-corrected chi connectivity index (χ1v) is 16.7. The van der Waals surface area contributed by atoms with Gasteiger partial charge in [0.1, 0.15) is 12.4 Å². The van der Waals surface area contributed by atoms with Crippen molar-refractivity contribution in [2.45, 2.75) is 68.8 Å². The average Bonchev–Trinajstić information content (AvgIpc) is 3.06. The van der Waals surface area contributed by atoms with Crippen LogP contribution in [0.3, 0.4) is 0 Å². The number of fused-ring (bicyclic) bond motifs is 2. The molecular weight excluding hydrogens is 587 g/mol. The molecule has 0 bridgehead atoms. The topological polar surface area (TPSA) is 55.4 Å². The molecule has 5 aromatic carbocycles. The van der Waals surface area contributed by atoms with E-state index in [-0.39, 0.29) is 17.0 Å². The monoisotopic (exact) mass is 625 g/mol. The summed E-state index contributed by atoms with van der Waals surface area (Å²) in [6.07, 6.45) is 3.36. The Hall–Kier alpha value is -4.61. The van der Waals surface area contributed by atoms with Crippen LogP contribution in [0, 0.1) is 0 Å². The van der Waals surface area contributed by atoms with Gasteiger partial charge in [0.15, 0.2) is 11.6 Å². The maximum atomic E-state index is 14.0. The molecule has 0 atom stereocenters. The van der Waals surface area contributed by atoms with E-state index in [1.54, 1.807) is 12.1 Å². The maximum absolute atomic E-state index is 14.0.